The normalized spacial score (nSPS) is 11.1. The van der Waals surface area contributed by atoms with Crippen molar-refractivity contribution in [3.63, 3.8) is 0 Å². The van der Waals surface area contributed by atoms with Gasteiger partial charge in [-0.05, 0) is 30.7 Å². The molecule has 0 aliphatic rings. The van der Waals surface area contributed by atoms with E-state index < -0.39 is 10.9 Å². The molecule has 22 heavy (non-hydrogen) atoms. The minimum absolute atomic E-state index is 0.0709. The van der Waals surface area contributed by atoms with Crippen molar-refractivity contribution in [2.24, 2.45) is 5.16 Å². The van der Waals surface area contributed by atoms with Crippen LogP contribution in [0.1, 0.15) is 22.8 Å². The number of oxime groups is 1. The van der Waals surface area contributed by atoms with Crippen LogP contribution in [0.4, 0.5) is 5.69 Å². The first-order valence-corrected chi connectivity index (χ1v) is 7.03. The van der Waals surface area contributed by atoms with Gasteiger partial charge < -0.3 is 4.84 Å². The SMILES string of the molecule is C/C(=N/OC(=O)c1cccc([N+](=O)[O-])c1)c1ccc(Br)cc1. The summed E-state index contributed by atoms with van der Waals surface area (Å²) in [4.78, 5) is 26.8. The number of nitrogens with zero attached hydrogens (tertiary/aromatic N) is 2. The summed E-state index contributed by atoms with van der Waals surface area (Å²) in [7, 11) is 0. The molecule has 2 aromatic carbocycles. The molecule has 0 N–H and O–H groups in total. The molecule has 0 unspecified atom stereocenters. The van der Waals surface area contributed by atoms with Gasteiger partial charge in [-0.1, -0.05) is 39.3 Å². The molecule has 0 aliphatic carbocycles. The van der Waals surface area contributed by atoms with Gasteiger partial charge in [0.1, 0.15) is 0 Å². The zero-order chi connectivity index (χ0) is 16.1. The molecule has 0 saturated heterocycles. The number of hydrogen-bond donors (Lipinski definition) is 0. The van der Waals surface area contributed by atoms with E-state index in [1.807, 2.05) is 24.3 Å². The van der Waals surface area contributed by atoms with Gasteiger partial charge in [-0.2, -0.15) is 0 Å². The molecule has 2 rings (SSSR count). The van der Waals surface area contributed by atoms with E-state index in [0.29, 0.717) is 5.71 Å². The summed E-state index contributed by atoms with van der Waals surface area (Å²) in [6.07, 6.45) is 0. The standard InChI is InChI=1S/C15H11BrN2O4/c1-10(11-5-7-13(16)8-6-11)17-22-15(19)12-3-2-4-14(9-12)18(20)21/h2-9H,1H3/b17-10-. The monoisotopic (exact) mass is 362 g/mol. The van der Waals surface area contributed by atoms with Gasteiger partial charge in [0.25, 0.3) is 5.69 Å². The fourth-order valence-electron chi connectivity index (χ4n) is 1.65. The summed E-state index contributed by atoms with van der Waals surface area (Å²) in [5.41, 5.74) is 1.21. The molecule has 0 aromatic heterocycles. The second-order valence-electron chi connectivity index (χ2n) is 4.37. The van der Waals surface area contributed by atoms with E-state index in [2.05, 4.69) is 21.1 Å². The minimum atomic E-state index is -0.750. The molecule has 0 saturated carbocycles. The van der Waals surface area contributed by atoms with Gasteiger partial charge in [-0.3, -0.25) is 10.1 Å². The van der Waals surface area contributed by atoms with E-state index in [4.69, 9.17) is 4.84 Å². The van der Waals surface area contributed by atoms with Crippen LogP contribution in [0.2, 0.25) is 0 Å². The van der Waals surface area contributed by atoms with Crippen LogP contribution in [0.15, 0.2) is 58.2 Å². The predicted octanol–water partition coefficient (Wildman–Crippen LogP) is 3.94. The Morgan fingerprint density at radius 1 is 1.18 bits per heavy atom. The van der Waals surface area contributed by atoms with E-state index >= 15 is 0 Å². The predicted molar refractivity (Wildman–Crippen MR) is 84.9 cm³/mol. The van der Waals surface area contributed by atoms with Crippen molar-refractivity contribution in [2.45, 2.75) is 6.92 Å². The molecule has 0 atom stereocenters. The van der Waals surface area contributed by atoms with Crippen molar-refractivity contribution in [1.29, 1.82) is 0 Å². The highest BCUT2D eigenvalue weighted by Gasteiger charge is 2.13. The van der Waals surface area contributed by atoms with Crippen molar-refractivity contribution in [2.75, 3.05) is 0 Å². The number of carbonyl (C=O) groups is 1. The zero-order valence-corrected chi connectivity index (χ0v) is 13.1. The second kappa shape index (κ2) is 6.95. The van der Waals surface area contributed by atoms with Crippen LogP contribution in [-0.4, -0.2) is 16.6 Å². The average Bonchev–Trinajstić information content (AvgIpc) is 2.53. The largest absolute Gasteiger partial charge is 0.365 e. The molecule has 0 spiro atoms. The number of hydrogen-bond acceptors (Lipinski definition) is 5. The summed E-state index contributed by atoms with van der Waals surface area (Å²) < 4.78 is 0.928. The molecule has 2 aromatic rings. The van der Waals surface area contributed by atoms with Gasteiger partial charge in [0.15, 0.2) is 0 Å². The first-order chi connectivity index (χ1) is 10.5. The van der Waals surface area contributed by atoms with Gasteiger partial charge in [-0.25, -0.2) is 4.79 Å². The van der Waals surface area contributed by atoms with Crippen LogP contribution in [0.3, 0.4) is 0 Å². The van der Waals surface area contributed by atoms with Crippen molar-refractivity contribution in [3.8, 4) is 0 Å². The third kappa shape index (κ3) is 3.98. The third-order valence-corrected chi connectivity index (χ3v) is 3.35. The van der Waals surface area contributed by atoms with E-state index in [1.165, 1.54) is 18.2 Å². The molecular weight excluding hydrogens is 352 g/mol. The highest BCUT2D eigenvalue weighted by molar-refractivity contribution is 9.10. The van der Waals surface area contributed by atoms with Crippen LogP contribution in [0.25, 0.3) is 0 Å². The lowest BCUT2D eigenvalue weighted by Crippen LogP contribution is -2.04. The summed E-state index contributed by atoms with van der Waals surface area (Å²) in [5.74, 6) is -0.750. The van der Waals surface area contributed by atoms with Crippen molar-refractivity contribution < 1.29 is 14.6 Å². The number of benzene rings is 2. The fourth-order valence-corrected chi connectivity index (χ4v) is 1.92. The zero-order valence-electron chi connectivity index (χ0n) is 11.5. The Hall–Kier alpha value is -2.54. The third-order valence-electron chi connectivity index (χ3n) is 2.82. The average molecular weight is 363 g/mol. The molecule has 0 radical (unpaired) electrons. The summed E-state index contributed by atoms with van der Waals surface area (Å²) in [6, 6.07) is 12.6. The molecular formula is C15H11BrN2O4. The quantitative estimate of drug-likeness (QED) is 0.357. The first kappa shape index (κ1) is 15.8. The maximum Gasteiger partial charge on any atom is 0.365 e. The van der Waals surface area contributed by atoms with Crippen molar-refractivity contribution in [1.82, 2.24) is 0 Å². The lowest BCUT2D eigenvalue weighted by Gasteiger charge is -2.02. The van der Waals surface area contributed by atoms with E-state index in [1.54, 1.807) is 6.92 Å². The lowest BCUT2D eigenvalue weighted by atomic mass is 10.1. The Bertz CT molecular complexity index is 741. The Balaban J connectivity index is 2.11. The van der Waals surface area contributed by atoms with Crippen LogP contribution < -0.4 is 0 Å². The van der Waals surface area contributed by atoms with Crippen LogP contribution in [-0.2, 0) is 4.84 Å². The maximum atomic E-state index is 11.8. The molecule has 7 heteroatoms. The molecule has 112 valence electrons. The molecule has 0 bridgehead atoms. The maximum absolute atomic E-state index is 11.8. The lowest BCUT2D eigenvalue weighted by molar-refractivity contribution is -0.384. The van der Waals surface area contributed by atoms with E-state index in [-0.39, 0.29) is 11.3 Å². The van der Waals surface area contributed by atoms with Crippen molar-refractivity contribution in [3.05, 3.63) is 74.2 Å². The second-order valence-corrected chi connectivity index (χ2v) is 5.29. The van der Waals surface area contributed by atoms with Gasteiger partial charge in [0, 0.05) is 16.6 Å². The first-order valence-electron chi connectivity index (χ1n) is 6.23. The molecule has 0 heterocycles. The summed E-state index contributed by atoms with van der Waals surface area (Å²) >= 11 is 3.33. The number of carbonyl (C=O) groups excluding carboxylic acids is 1. The van der Waals surface area contributed by atoms with Gasteiger partial charge >= 0.3 is 5.97 Å². The summed E-state index contributed by atoms with van der Waals surface area (Å²) in [5, 5.41) is 14.4. The molecule has 0 aliphatic heterocycles. The number of nitro benzene ring substituents is 1. The van der Waals surface area contributed by atoms with Crippen LogP contribution in [0, 0.1) is 10.1 Å². The highest BCUT2D eigenvalue weighted by atomic mass is 79.9. The number of non-ortho nitro benzene ring substituents is 1. The Morgan fingerprint density at radius 3 is 2.50 bits per heavy atom. The Morgan fingerprint density at radius 2 is 1.86 bits per heavy atom. The number of rotatable bonds is 4. The molecule has 0 amide bonds. The summed E-state index contributed by atoms with van der Waals surface area (Å²) in [6.45, 7) is 1.70. The van der Waals surface area contributed by atoms with Gasteiger partial charge in [0.05, 0.1) is 16.2 Å². The van der Waals surface area contributed by atoms with E-state index in [9.17, 15) is 14.9 Å². The van der Waals surface area contributed by atoms with Gasteiger partial charge in [0.2, 0.25) is 0 Å². The minimum Gasteiger partial charge on any atom is -0.313 e. The number of nitro groups is 1. The molecule has 6 nitrogen and oxygen atoms in total. The smallest absolute Gasteiger partial charge is 0.313 e. The highest BCUT2D eigenvalue weighted by Crippen LogP contribution is 2.15. The molecule has 0 fully saturated rings. The topological polar surface area (TPSA) is 81.8 Å². The Kier molecular flexibility index (Phi) is 5.00. The van der Waals surface area contributed by atoms with E-state index in [0.717, 1.165) is 16.1 Å². The van der Waals surface area contributed by atoms with Gasteiger partial charge in [-0.15, -0.1) is 0 Å². The van der Waals surface area contributed by atoms with Crippen molar-refractivity contribution >= 4 is 33.3 Å². The van der Waals surface area contributed by atoms with Crippen LogP contribution in [0.5, 0.6) is 0 Å². The Labute approximate surface area is 134 Å². The van der Waals surface area contributed by atoms with Crippen LogP contribution >= 0.6 is 15.9 Å². The number of halogens is 1. The fraction of sp³-hybridized carbons (Fsp3) is 0.0667.